The Kier molecular flexibility index (Phi) is 4.07. The fraction of sp³-hybridized carbons (Fsp3) is 0.0588. The highest BCUT2D eigenvalue weighted by atomic mass is 14.8. The zero-order valence-electron chi connectivity index (χ0n) is 11.5. The smallest absolute Gasteiger partial charge is 0.0681 e. The molecule has 0 aliphatic heterocycles. The largest absolute Gasteiger partial charge is 0.360 e. The number of nitrogens with zero attached hydrogens (tertiary/aromatic N) is 2. The maximum atomic E-state index is 4.53. The number of rotatable bonds is 5. The molecule has 2 N–H and O–H groups in total. The number of hydrogen-bond acceptors (Lipinski definition) is 2. The Morgan fingerprint density at radius 1 is 0.810 bits per heavy atom. The van der Waals surface area contributed by atoms with E-state index in [0.717, 1.165) is 22.6 Å². The molecule has 0 radical (unpaired) electrons. The van der Waals surface area contributed by atoms with Crippen LogP contribution in [-0.2, 0) is 6.54 Å². The number of aromatic nitrogens is 2. The first-order valence-corrected chi connectivity index (χ1v) is 6.80. The molecule has 0 unspecified atom stereocenters. The van der Waals surface area contributed by atoms with Gasteiger partial charge in [0.2, 0.25) is 0 Å². The van der Waals surface area contributed by atoms with E-state index in [4.69, 9.17) is 0 Å². The van der Waals surface area contributed by atoms with Gasteiger partial charge in [0.1, 0.15) is 0 Å². The van der Waals surface area contributed by atoms with Gasteiger partial charge in [-0.05, 0) is 35.9 Å². The highest BCUT2D eigenvalue weighted by Crippen LogP contribution is 2.19. The SMILES string of the molecule is C(=NCc1ccccc1N=Cc1ccc[nH]1)c1ccc[nH]1. The Morgan fingerprint density at radius 2 is 1.52 bits per heavy atom. The van der Waals surface area contributed by atoms with Crippen LogP contribution >= 0.6 is 0 Å². The quantitative estimate of drug-likeness (QED) is 0.667. The third kappa shape index (κ3) is 3.57. The van der Waals surface area contributed by atoms with Crippen LogP contribution in [0.25, 0.3) is 0 Å². The number of hydrogen-bond donors (Lipinski definition) is 2. The van der Waals surface area contributed by atoms with Gasteiger partial charge in [0, 0.05) is 18.6 Å². The first-order valence-electron chi connectivity index (χ1n) is 6.80. The zero-order chi connectivity index (χ0) is 14.3. The molecule has 0 amide bonds. The van der Waals surface area contributed by atoms with Crippen LogP contribution in [0.1, 0.15) is 17.0 Å². The summed E-state index contributed by atoms with van der Waals surface area (Å²) in [4.78, 5) is 15.2. The van der Waals surface area contributed by atoms with Crippen molar-refractivity contribution in [2.75, 3.05) is 0 Å². The lowest BCUT2D eigenvalue weighted by molar-refractivity contribution is 1.07. The maximum absolute atomic E-state index is 4.53. The highest BCUT2D eigenvalue weighted by molar-refractivity contribution is 5.80. The molecule has 2 heterocycles. The topological polar surface area (TPSA) is 56.3 Å². The van der Waals surface area contributed by atoms with Crippen LogP contribution < -0.4 is 0 Å². The number of para-hydroxylation sites is 1. The Balaban J connectivity index is 1.73. The summed E-state index contributed by atoms with van der Waals surface area (Å²) < 4.78 is 0. The second-order valence-electron chi connectivity index (χ2n) is 4.61. The zero-order valence-corrected chi connectivity index (χ0v) is 11.5. The molecule has 0 aliphatic carbocycles. The summed E-state index contributed by atoms with van der Waals surface area (Å²) in [6, 6.07) is 15.9. The number of aliphatic imine (C=N–C) groups is 2. The number of H-pyrrole nitrogens is 2. The van der Waals surface area contributed by atoms with Gasteiger partial charge in [-0.25, -0.2) is 0 Å². The summed E-state index contributed by atoms with van der Waals surface area (Å²) in [6.07, 6.45) is 7.43. The first-order chi connectivity index (χ1) is 10.4. The van der Waals surface area contributed by atoms with Crippen molar-refractivity contribution in [3.05, 3.63) is 77.9 Å². The molecule has 0 fully saturated rings. The minimum Gasteiger partial charge on any atom is -0.360 e. The molecule has 4 nitrogen and oxygen atoms in total. The lowest BCUT2D eigenvalue weighted by atomic mass is 10.2. The average molecular weight is 276 g/mol. The van der Waals surface area contributed by atoms with E-state index < -0.39 is 0 Å². The summed E-state index contributed by atoms with van der Waals surface area (Å²) in [6.45, 7) is 0.608. The molecule has 4 heteroatoms. The minimum absolute atomic E-state index is 0.608. The van der Waals surface area contributed by atoms with Crippen molar-refractivity contribution < 1.29 is 0 Å². The van der Waals surface area contributed by atoms with E-state index in [-0.39, 0.29) is 0 Å². The molecule has 104 valence electrons. The average Bonchev–Trinajstić information content (AvgIpc) is 3.20. The van der Waals surface area contributed by atoms with Crippen molar-refractivity contribution >= 4 is 18.1 Å². The molecule has 3 aromatic rings. The van der Waals surface area contributed by atoms with Crippen molar-refractivity contribution in [1.82, 2.24) is 9.97 Å². The van der Waals surface area contributed by atoms with Gasteiger partial charge in [-0.15, -0.1) is 0 Å². The molecule has 0 saturated carbocycles. The third-order valence-electron chi connectivity index (χ3n) is 3.07. The number of nitrogens with one attached hydrogen (secondary N) is 2. The van der Waals surface area contributed by atoms with Crippen molar-refractivity contribution in [2.45, 2.75) is 6.54 Å². The first kappa shape index (κ1) is 13.1. The summed E-state index contributed by atoms with van der Waals surface area (Å²) in [7, 11) is 0. The predicted octanol–water partition coefficient (Wildman–Crippen LogP) is 3.71. The van der Waals surface area contributed by atoms with Crippen LogP contribution in [0.15, 0.2) is 70.9 Å². The Hall–Kier alpha value is -2.88. The molecule has 3 rings (SSSR count). The van der Waals surface area contributed by atoms with Crippen LogP contribution in [0.4, 0.5) is 5.69 Å². The number of aromatic amines is 2. The van der Waals surface area contributed by atoms with E-state index in [9.17, 15) is 0 Å². The highest BCUT2D eigenvalue weighted by Gasteiger charge is 1.98. The molecule has 0 spiro atoms. The summed E-state index contributed by atoms with van der Waals surface area (Å²) >= 11 is 0. The molecule has 0 atom stereocenters. The second-order valence-corrected chi connectivity index (χ2v) is 4.61. The fourth-order valence-electron chi connectivity index (χ4n) is 2.00. The Bertz CT molecular complexity index is 722. The summed E-state index contributed by atoms with van der Waals surface area (Å²) in [5, 5.41) is 0. The normalized spacial score (nSPS) is 11.6. The molecule has 0 aliphatic rings. The minimum atomic E-state index is 0.608. The van der Waals surface area contributed by atoms with Gasteiger partial charge >= 0.3 is 0 Å². The fourth-order valence-corrected chi connectivity index (χ4v) is 2.00. The van der Waals surface area contributed by atoms with Crippen LogP contribution in [0.3, 0.4) is 0 Å². The van der Waals surface area contributed by atoms with Gasteiger partial charge in [-0.1, -0.05) is 18.2 Å². The third-order valence-corrected chi connectivity index (χ3v) is 3.07. The Labute approximate surface area is 123 Å². The number of benzene rings is 1. The van der Waals surface area contributed by atoms with E-state index in [2.05, 4.69) is 20.0 Å². The molecule has 2 aromatic heterocycles. The van der Waals surface area contributed by atoms with Crippen molar-refractivity contribution in [3.8, 4) is 0 Å². The van der Waals surface area contributed by atoms with Gasteiger partial charge < -0.3 is 9.97 Å². The molecular formula is C17H16N4. The van der Waals surface area contributed by atoms with Crippen LogP contribution in [0.2, 0.25) is 0 Å². The predicted molar refractivity (Wildman–Crippen MR) is 86.6 cm³/mol. The maximum Gasteiger partial charge on any atom is 0.0681 e. The molecule has 0 saturated heterocycles. The van der Waals surface area contributed by atoms with Crippen molar-refractivity contribution in [3.63, 3.8) is 0 Å². The van der Waals surface area contributed by atoms with Gasteiger partial charge in [0.25, 0.3) is 0 Å². The van der Waals surface area contributed by atoms with E-state index >= 15 is 0 Å². The van der Waals surface area contributed by atoms with Crippen LogP contribution in [0, 0.1) is 0 Å². The molecule has 0 bridgehead atoms. The van der Waals surface area contributed by atoms with Crippen LogP contribution in [-0.4, -0.2) is 22.4 Å². The van der Waals surface area contributed by atoms with E-state index in [1.165, 1.54) is 0 Å². The lowest BCUT2D eigenvalue weighted by Gasteiger charge is -2.01. The van der Waals surface area contributed by atoms with E-state index in [1.807, 2.05) is 73.4 Å². The molecule has 1 aromatic carbocycles. The molecule has 21 heavy (non-hydrogen) atoms. The van der Waals surface area contributed by atoms with Gasteiger partial charge in [-0.2, -0.15) is 0 Å². The monoisotopic (exact) mass is 276 g/mol. The second kappa shape index (κ2) is 6.52. The van der Waals surface area contributed by atoms with Crippen molar-refractivity contribution in [1.29, 1.82) is 0 Å². The van der Waals surface area contributed by atoms with Crippen molar-refractivity contribution in [2.24, 2.45) is 9.98 Å². The lowest BCUT2D eigenvalue weighted by Crippen LogP contribution is -1.86. The van der Waals surface area contributed by atoms with Gasteiger partial charge in [-0.3, -0.25) is 9.98 Å². The van der Waals surface area contributed by atoms with Crippen LogP contribution in [0.5, 0.6) is 0 Å². The molecular weight excluding hydrogens is 260 g/mol. The Morgan fingerprint density at radius 3 is 2.24 bits per heavy atom. The summed E-state index contributed by atoms with van der Waals surface area (Å²) in [5.41, 5.74) is 4.03. The van der Waals surface area contributed by atoms with E-state index in [1.54, 1.807) is 0 Å². The standard InChI is InChI=1S/C17H16N4/c1-2-8-17(21-13-16-7-4-10-20-16)14(5-1)11-18-12-15-6-3-9-19-15/h1-10,12-13,19-20H,11H2. The summed E-state index contributed by atoms with van der Waals surface area (Å²) in [5.74, 6) is 0. The van der Waals surface area contributed by atoms with Gasteiger partial charge in [0.05, 0.1) is 29.8 Å². The van der Waals surface area contributed by atoms with E-state index in [0.29, 0.717) is 6.54 Å². The van der Waals surface area contributed by atoms with Gasteiger partial charge in [0.15, 0.2) is 0 Å².